The summed E-state index contributed by atoms with van der Waals surface area (Å²) in [6.07, 6.45) is 5.70. The van der Waals surface area contributed by atoms with Crippen molar-refractivity contribution in [2.75, 3.05) is 5.73 Å². The summed E-state index contributed by atoms with van der Waals surface area (Å²) in [7, 11) is 0. The van der Waals surface area contributed by atoms with Crippen LogP contribution in [0.1, 0.15) is 12.2 Å². The molecular formula is C12H13N5O. The number of hydrogen-bond acceptors (Lipinski definition) is 4. The van der Waals surface area contributed by atoms with E-state index >= 15 is 0 Å². The van der Waals surface area contributed by atoms with Gasteiger partial charge in [0.2, 0.25) is 5.82 Å². The first-order chi connectivity index (χ1) is 8.70. The van der Waals surface area contributed by atoms with Gasteiger partial charge in [-0.1, -0.05) is 0 Å². The van der Waals surface area contributed by atoms with Gasteiger partial charge in [-0.05, 0) is 12.5 Å². The van der Waals surface area contributed by atoms with E-state index in [1.807, 2.05) is 6.07 Å². The first kappa shape index (κ1) is 11.9. The minimum Gasteiger partial charge on any atom is -0.398 e. The number of aryl methyl sites for hydroxylation is 2. The summed E-state index contributed by atoms with van der Waals surface area (Å²) < 4.78 is 3.33. The molecule has 0 radical (unpaired) electrons. The first-order valence-corrected chi connectivity index (χ1v) is 5.58. The van der Waals surface area contributed by atoms with Crippen molar-refractivity contribution in [3.05, 3.63) is 46.9 Å². The minimum atomic E-state index is -0.0738. The number of nitrogens with two attached hydrogens (primary N) is 1. The van der Waals surface area contributed by atoms with Crippen LogP contribution in [-0.4, -0.2) is 14.1 Å². The SMILES string of the molecule is N#Cc1nccn1CCCn1cc(N)ccc1=O. The summed E-state index contributed by atoms with van der Waals surface area (Å²) in [5.41, 5.74) is 6.11. The molecule has 0 atom stereocenters. The Labute approximate surface area is 104 Å². The number of nitrogen functional groups attached to an aromatic ring is 1. The topological polar surface area (TPSA) is 89.6 Å². The molecule has 0 bridgehead atoms. The number of pyridine rings is 1. The van der Waals surface area contributed by atoms with Crippen LogP contribution >= 0.6 is 0 Å². The van der Waals surface area contributed by atoms with Gasteiger partial charge in [0.05, 0.1) is 0 Å². The van der Waals surface area contributed by atoms with E-state index in [4.69, 9.17) is 11.0 Å². The molecule has 0 unspecified atom stereocenters. The highest BCUT2D eigenvalue weighted by Gasteiger charge is 2.01. The zero-order chi connectivity index (χ0) is 13.0. The second kappa shape index (κ2) is 5.19. The van der Waals surface area contributed by atoms with Crippen molar-refractivity contribution in [2.24, 2.45) is 0 Å². The number of imidazole rings is 1. The number of rotatable bonds is 4. The van der Waals surface area contributed by atoms with E-state index in [0.717, 1.165) is 6.42 Å². The van der Waals surface area contributed by atoms with E-state index in [-0.39, 0.29) is 5.56 Å². The molecule has 0 aliphatic heterocycles. The fourth-order valence-corrected chi connectivity index (χ4v) is 1.74. The molecular weight excluding hydrogens is 230 g/mol. The quantitative estimate of drug-likeness (QED) is 0.850. The molecule has 0 aromatic carbocycles. The van der Waals surface area contributed by atoms with Crippen molar-refractivity contribution in [2.45, 2.75) is 19.5 Å². The number of hydrogen-bond donors (Lipinski definition) is 1. The molecule has 18 heavy (non-hydrogen) atoms. The Balaban J connectivity index is 1.99. The van der Waals surface area contributed by atoms with Crippen molar-refractivity contribution in [3.8, 4) is 6.07 Å². The lowest BCUT2D eigenvalue weighted by atomic mass is 10.3. The highest BCUT2D eigenvalue weighted by Crippen LogP contribution is 2.01. The molecule has 0 saturated carbocycles. The molecule has 0 amide bonds. The highest BCUT2D eigenvalue weighted by molar-refractivity contribution is 5.33. The van der Waals surface area contributed by atoms with Gasteiger partial charge in [-0.15, -0.1) is 0 Å². The summed E-state index contributed by atoms with van der Waals surface area (Å²) in [6.45, 7) is 1.21. The smallest absolute Gasteiger partial charge is 0.250 e. The van der Waals surface area contributed by atoms with Crippen LogP contribution in [0.3, 0.4) is 0 Å². The summed E-state index contributed by atoms with van der Waals surface area (Å²) in [4.78, 5) is 15.4. The van der Waals surface area contributed by atoms with E-state index < -0.39 is 0 Å². The number of anilines is 1. The van der Waals surface area contributed by atoms with Gasteiger partial charge in [0, 0.05) is 43.4 Å². The average Bonchev–Trinajstić information content (AvgIpc) is 2.81. The predicted octanol–water partition coefficient (Wildman–Crippen LogP) is 0.589. The van der Waals surface area contributed by atoms with Crippen LogP contribution in [0.2, 0.25) is 0 Å². The van der Waals surface area contributed by atoms with Gasteiger partial charge in [0.1, 0.15) is 6.07 Å². The molecule has 0 fully saturated rings. The van der Waals surface area contributed by atoms with Crippen molar-refractivity contribution < 1.29 is 0 Å². The Hall–Kier alpha value is -2.55. The molecule has 0 spiro atoms. The molecule has 2 N–H and O–H groups in total. The maximum atomic E-state index is 11.5. The van der Waals surface area contributed by atoms with Crippen LogP contribution in [-0.2, 0) is 13.1 Å². The highest BCUT2D eigenvalue weighted by atomic mass is 16.1. The van der Waals surface area contributed by atoms with Gasteiger partial charge in [-0.3, -0.25) is 4.79 Å². The van der Waals surface area contributed by atoms with Crippen LogP contribution in [0.4, 0.5) is 5.69 Å². The molecule has 0 aliphatic carbocycles. The Bertz CT molecular complexity index is 634. The second-order valence-electron chi connectivity index (χ2n) is 3.90. The third-order valence-corrected chi connectivity index (χ3v) is 2.62. The van der Waals surface area contributed by atoms with E-state index in [1.165, 1.54) is 6.07 Å². The number of aromatic nitrogens is 3. The van der Waals surface area contributed by atoms with Crippen LogP contribution in [0.25, 0.3) is 0 Å². The molecule has 2 aromatic heterocycles. The minimum absolute atomic E-state index is 0.0738. The summed E-state index contributed by atoms with van der Waals surface area (Å²) >= 11 is 0. The molecule has 6 heteroatoms. The normalized spacial score (nSPS) is 10.2. The largest absolute Gasteiger partial charge is 0.398 e. The standard InChI is InChI=1S/C12H13N5O/c13-8-11-15-4-7-16(11)5-1-6-17-9-10(14)2-3-12(17)18/h2-4,7,9H,1,5-6,14H2. The Kier molecular flexibility index (Phi) is 3.44. The van der Waals surface area contributed by atoms with E-state index in [1.54, 1.807) is 33.8 Å². The van der Waals surface area contributed by atoms with E-state index in [2.05, 4.69) is 4.98 Å². The molecule has 2 aromatic rings. The number of nitrogens with zero attached hydrogens (tertiary/aromatic N) is 4. The lowest BCUT2D eigenvalue weighted by Crippen LogP contribution is -2.19. The van der Waals surface area contributed by atoms with Crippen molar-refractivity contribution in [1.82, 2.24) is 14.1 Å². The molecule has 92 valence electrons. The van der Waals surface area contributed by atoms with Crippen LogP contribution in [0.5, 0.6) is 0 Å². The fourth-order valence-electron chi connectivity index (χ4n) is 1.74. The molecule has 6 nitrogen and oxygen atoms in total. The lowest BCUT2D eigenvalue weighted by molar-refractivity contribution is 0.550. The second-order valence-corrected chi connectivity index (χ2v) is 3.90. The lowest BCUT2D eigenvalue weighted by Gasteiger charge is -2.07. The maximum absolute atomic E-state index is 11.5. The Morgan fingerprint density at radius 2 is 2.11 bits per heavy atom. The van der Waals surface area contributed by atoms with Crippen LogP contribution in [0.15, 0.2) is 35.5 Å². The summed E-state index contributed by atoms with van der Waals surface area (Å²) in [6, 6.07) is 5.05. The maximum Gasteiger partial charge on any atom is 0.250 e. The van der Waals surface area contributed by atoms with E-state index in [9.17, 15) is 4.79 Å². The summed E-state index contributed by atoms with van der Waals surface area (Å²) in [5, 5.41) is 8.80. The van der Waals surface area contributed by atoms with E-state index in [0.29, 0.717) is 24.6 Å². The summed E-state index contributed by atoms with van der Waals surface area (Å²) in [5.74, 6) is 0.384. The molecule has 0 aliphatic rings. The third-order valence-electron chi connectivity index (χ3n) is 2.62. The van der Waals surface area contributed by atoms with Gasteiger partial charge in [0.25, 0.3) is 5.56 Å². The van der Waals surface area contributed by atoms with Crippen molar-refractivity contribution in [1.29, 1.82) is 5.26 Å². The molecule has 0 saturated heterocycles. The zero-order valence-corrected chi connectivity index (χ0v) is 9.78. The van der Waals surface area contributed by atoms with Crippen molar-refractivity contribution in [3.63, 3.8) is 0 Å². The van der Waals surface area contributed by atoms with Crippen LogP contribution in [0, 0.1) is 11.3 Å². The van der Waals surface area contributed by atoms with Gasteiger partial charge >= 0.3 is 0 Å². The molecule has 2 rings (SSSR count). The monoisotopic (exact) mass is 243 g/mol. The zero-order valence-electron chi connectivity index (χ0n) is 9.78. The van der Waals surface area contributed by atoms with Crippen LogP contribution < -0.4 is 11.3 Å². The Morgan fingerprint density at radius 1 is 1.33 bits per heavy atom. The predicted molar refractivity (Wildman–Crippen MR) is 66.7 cm³/mol. The number of nitriles is 1. The van der Waals surface area contributed by atoms with Gasteiger partial charge < -0.3 is 14.9 Å². The first-order valence-electron chi connectivity index (χ1n) is 5.58. The Morgan fingerprint density at radius 3 is 2.89 bits per heavy atom. The third kappa shape index (κ3) is 2.58. The van der Waals surface area contributed by atoms with Gasteiger partial charge in [0.15, 0.2) is 0 Å². The average molecular weight is 243 g/mol. The van der Waals surface area contributed by atoms with Gasteiger partial charge in [-0.25, -0.2) is 4.98 Å². The fraction of sp³-hybridized carbons (Fsp3) is 0.250. The van der Waals surface area contributed by atoms with Crippen molar-refractivity contribution >= 4 is 5.69 Å². The van der Waals surface area contributed by atoms with Gasteiger partial charge in [-0.2, -0.15) is 5.26 Å². The molecule has 2 heterocycles.